The molecule has 0 spiro atoms. The number of furan rings is 1. The van der Waals surface area contributed by atoms with Gasteiger partial charge in [-0.25, -0.2) is 4.98 Å². The molecule has 0 bridgehead atoms. The second-order valence-electron chi connectivity index (χ2n) is 6.13. The molecule has 7 heteroatoms. The largest absolute Gasteiger partial charge is 0.467 e. The number of nitrogens with one attached hydrogen (secondary N) is 1. The predicted molar refractivity (Wildman–Crippen MR) is 93.0 cm³/mol. The number of aromatic nitrogens is 2. The highest BCUT2D eigenvalue weighted by molar-refractivity contribution is 5.79. The van der Waals surface area contributed by atoms with Crippen LogP contribution < -0.4 is 10.2 Å². The van der Waals surface area contributed by atoms with Gasteiger partial charge in [0, 0.05) is 38.6 Å². The lowest BCUT2D eigenvalue weighted by atomic mass is 9.97. The lowest BCUT2D eigenvalue weighted by Crippen LogP contribution is -2.43. The smallest absolute Gasteiger partial charge is 0.224 e. The van der Waals surface area contributed by atoms with Crippen molar-refractivity contribution in [2.24, 2.45) is 5.92 Å². The molecule has 0 aliphatic carbocycles. The fourth-order valence-electron chi connectivity index (χ4n) is 2.95. The van der Waals surface area contributed by atoms with E-state index >= 15 is 0 Å². The number of rotatable bonds is 8. The highest BCUT2D eigenvalue weighted by Gasteiger charge is 2.26. The maximum atomic E-state index is 12.4. The van der Waals surface area contributed by atoms with Crippen LogP contribution in [0, 0.1) is 5.92 Å². The maximum absolute atomic E-state index is 12.4. The van der Waals surface area contributed by atoms with Crippen LogP contribution in [0.15, 0.2) is 41.4 Å². The monoisotopic (exact) mass is 344 g/mol. The van der Waals surface area contributed by atoms with E-state index < -0.39 is 0 Å². The van der Waals surface area contributed by atoms with Crippen LogP contribution in [0.4, 0.5) is 5.82 Å². The minimum absolute atomic E-state index is 0.000191. The van der Waals surface area contributed by atoms with Gasteiger partial charge < -0.3 is 19.4 Å². The van der Waals surface area contributed by atoms with Gasteiger partial charge in [-0.3, -0.25) is 9.78 Å². The summed E-state index contributed by atoms with van der Waals surface area (Å²) in [5.41, 5.74) is 0. The Morgan fingerprint density at radius 1 is 1.44 bits per heavy atom. The maximum Gasteiger partial charge on any atom is 0.224 e. The first kappa shape index (κ1) is 17.4. The van der Waals surface area contributed by atoms with Gasteiger partial charge in [0.05, 0.1) is 18.4 Å². The molecule has 2 aromatic rings. The van der Waals surface area contributed by atoms with Crippen molar-refractivity contribution < 1.29 is 13.9 Å². The summed E-state index contributed by atoms with van der Waals surface area (Å²) in [6.45, 7) is 3.30. The van der Waals surface area contributed by atoms with Crippen LogP contribution in [-0.2, 0) is 16.1 Å². The second kappa shape index (κ2) is 9.17. The Labute approximate surface area is 147 Å². The normalized spacial score (nSPS) is 17.4. The average Bonchev–Trinajstić information content (AvgIpc) is 3.19. The molecule has 1 saturated heterocycles. The first-order valence-corrected chi connectivity index (χ1v) is 8.72. The van der Waals surface area contributed by atoms with Crippen LogP contribution in [0.25, 0.3) is 0 Å². The molecule has 1 fully saturated rings. The summed E-state index contributed by atoms with van der Waals surface area (Å²) in [5.74, 6) is 1.76. The van der Waals surface area contributed by atoms with Gasteiger partial charge in [-0.2, -0.15) is 0 Å². The number of amides is 1. The van der Waals surface area contributed by atoms with E-state index in [1.54, 1.807) is 24.9 Å². The number of carbonyl (C=O) groups excluding carboxylic acids is 1. The number of carbonyl (C=O) groups is 1. The van der Waals surface area contributed by atoms with Gasteiger partial charge in [-0.1, -0.05) is 0 Å². The minimum Gasteiger partial charge on any atom is -0.467 e. The molecule has 2 aromatic heterocycles. The number of hydrogen-bond acceptors (Lipinski definition) is 6. The standard InChI is InChI=1S/C18H24N4O3/c23-18(21-6-3-10-24-14-16-5-2-11-25-16)15-4-1-9-22(13-15)17-12-19-7-8-20-17/h2,5,7-8,11-12,15H,1,3-4,6,9-10,13-14H2,(H,21,23)/t15-/m0/s1. The number of nitrogens with zero attached hydrogens (tertiary/aromatic N) is 3. The summed E-state index contributed by atoms with van der Waals surface area (Å²) in [7, 11) is 0. The molecular weight excluding hydrogens is 320 g/mol. The number of ether oxygens (including phenoxy) is 1. The zero-order valence-electron chi connectivity index (χ0n) is 14.3. The SMILES string of the molecule is O=C(NCCCOCc1ccco1)[C@H]1CCCN(c2cnccn2)C1. The molecule has 0 radical (unpaired) electrons. The summed E-state index contributed by atoms with van der Waals surface area (Å²) in [5, 5.41) is 3.01. The van der Waals surface area contributed by atoms with Crippen molar-refractivity contribution >= 4 is 11.7 Å². The van der Waals surface area contributed by atoms with E-state index in [1.807, 2.05) is 12.1 Å². The average molecular weight is 344 g/mol. The molecule has 1 aliphatic rings. The molecule has 0 unspecified atom stereocenters. The Hall–Kier alpha value is -2.41. The highest BCUT2D eigenvalue weighted by Crippen LogP contribution is 2.20. The van der Waals surface area contributed by atoms with E-state index in [2.05, 4.69) is 20.2 Å². The van der Waals surface area contributed by atoms with Gasteiger partial charge in [0.15, 0.2) is 0 Å². The van der Waals surface area contributed by atoms with Crippen LogP contribution in [0.3, 0.4) is 0 Å². The molecule has 3 heterocycles. The number of anilines is 1. The molecule has 134 valence electrons. The first-order chi connectivity index (χ1) is 12.3. The van der Waals surface area contributed by atoms with Crippen LogP contribution in [0.5, 0.6) is 0 Å². The quantitative estimate of drug-likeness (QED) is 0.738. The van der Waals surface area contributed by atoms with Crippen molar-refractivity contribution in [3.63, 3.8) is 0 Å². The molecule has 1 atom stereocenters. The molecule has 0 aromatic carbocycles. The minimum atomic E-state index is -0.000191. The Morgan fingerprint density at radius 3 is 3.20 bits per heavy atom. The second-order valence-corrected chi connectivity index (χ2v) is 6.13. The Kier molecular flexibility index (Phi) is 6.39. The Balaban J connectivity index is 1.33. The van der Waals surface area contributed by atoms with Crippen LogP contribution in [0.1, 0.15) is 25.0 Å². The van der Waals surface area contributed by atoms with Crippen molar-refractivity contribution in [3.05, 3.63) is 42.7 Å². The van der Waals surface area contributed by atoms with Crippen molar-refractivity contribution in [2.45, 2.75) is 25.9 Å². The van der Waals surface area contributed by atoms with Gasteiger partial charge in [0.2, 0.25) is 5.91 Å². The van der Waals surface area contributed by atoms with E-state index in [0.29, 0.717) is 26.3 Å². The lowest BCUT2D eigenvalue weighted by Gasteiger charge is -2.32. The first-order valence-electron chi connectivity index (χ1n) is 8.72. The van der Waals surface area contributed by atoms with E-state index in [9.17, 15) is 4.79 Å². The van der Waals surface area contributed by atoms with Crippen molar-refractivity contribution in [1.29, 1.82) is 0 Å². The van der Waals surface area contributed by atoms with Gasteiger partial charge >= 0.3 is 0 Å². The summed E-state index contributed by atoms with van der Waals surface area (Å²) >= 11 is 0. The fourth-order valence-corrected chi connectivity index (χ4v) is 2.95. The molecule has 1 N–H and O–H groups in total. The third kappa shape index (κ3) is 5.29. The summed E-state index contributed by atoms with van der Waals surface area (Å²) in [6.07, 6.45) is 9.41. The highest BCUT2D eigenvalue weighted by atomic mass is 16.5. The fraction of sp³-hybridized carbons (Fsp3) is 0.500. The van der Waals surface area contributed by atoms with E-state index in [0.717, 1.165) is 37.4 Å². The van der Waals surface area contributed by atoms with Crippen LogP contribution in [-0.4, -0.2) is 42.1 Å². The topological polar surface area (TPSA) is 80.5 Å². The third-order valence-electron chi connectivity index (χ3n) is 4.25. The van der Waals surface area contributed by atoms with Gasteiger partial charge in [0.1, 0.15) is 18.2 Å². The van der Waals surface area contributed by atoms with Crippen molar-refractivity contribution in [2.75, 3.05) is 31.1 Å². The molecule has 1 amide bonds. The molecule has 7 nitrogen and oxygen atoms in total. The Bertz CT molecular complexity index is 633. The zero-order chi connectivity index (χ0) is 17.3. The Morgan fingerprint density at radius 2 is 2.40 bits per heavy atom. The predicted octanol–water partition coefficient (Wildman–Crippen LogP) is 2.01. The molecule has 0 saturated carbocycles. The summed E-state index contributed by atoms with van der Waals surface area (Å²) in [4.78, 5) is 22.9. The van der Waals surface area contributed by atoms with Gasteiger partial charge in [-0.15, -0.1) is 0 Å². The number of piperidine rings is 1. The van der Waals surface area contributed by atoms with E-state index in [-0.39, 0.29) is 11.8 Å². The third-order valence-corrected chi connectivity index (χ3v) is 4.25. The van der Waals surface area contributed by atoms with Gasteiger partial charge in [0.25, 0.3) is 0 Å². The van der Waals surface area contributed by atoms with Crippen molar-refractivity contribution in [3.8, 4) is 0 Å². The van der Waals surface area contributed by atoms with E-state index in [4.69, 9.17) is 9.15 Å². The number of hydrogen-bond donors (Lipinski definition) is 1. The van der Waals surface area contributed by atoms with Crippen molar-refractivity contribution in [1.82, 2.24) is 15.3 Å². The summed E-state index contributed by atoms with van der Waals surface area (Å²) in [6, 6.07) is 3.72. The van der Waals surface area contributed by atoms with Crippen LogP contribution in [0.2, 0.25) is 0 Å². The molecule has 25 heavy (non-hydrogen) atoms. The molecular formula is C18H24N4O3. The van der Waals surface area contributed by atoms with Gasteiger partial charge in [-0.05, 0) is 31.4 Å². The lowest BCUT2D eigenvalue weighted by molar-refractivity contribution is -0.125. The molecule has 3 rings (SSSR count). The molecule has 1 aliphatic heterocycles. The summed E-state index contributed by atoms with van der Waals surface area (Å²) < 4.78 is 10.7. The zero-order valence-corrected chi connectivity index (χ0v) is 14.3. The van der Waals surface area contributed by atoms with E-state index in [1.165, 1.54) is 0 Å². The van der Waals surface area contributed by atoms with Crippen LogP contribution >= 0.6 is 0 Å².